The molecule has 0 radical (unpaired) electrons. The number of aryl methyl sites for hydroxylation is 1. The van der Waals surface area contributed by atoms with Crippen molar-refractivity contribution < 1.29 is 4.84 Å². The lowest BCUT2D eigenvalue weighted by Crippen LogP contribution is -2.07. The summed E-state index contributed by atoms with van der Waals surface area (Å²) in [6, 6.07) is 3.98. The van der Waals surface area contributed by atoms with Crippen molar-refractivity contribution in [3.63, 3.8) is 0 Å². The molecule has 3 heteroatoms. The van der Waals surface area contributed by atoms with Crippen molar-refractivity contribution in [3.05, 3.63) is 29.3 Å². The van der Waals surface area contributed by atoms with Crippen LogP contribution in [0.25, 0.3) is 6.08 Å². The second kappa shape index (κ2) is 3.72. The Labute approximate surface area is 83.5 Å². The first-order valence-electron chi connectivity index (χ1n) is 4.73. The SMILES string of the molecule is CNc1c(ON)ccc2c1C=CCC2. The molecule has 74 valence electrons. The minimum absolute atomic E-state index is 0.692. The minimum Gasteiger partial charge on any atom is -0.409 e. The van der Waals surface area contributed by atoms with Crippen LogP contribution >= 0.6 is 0 Å². The van der Waals surface area contributed by atoms with Crippen molar-refractivity contribution in [1.82, 2.24) is 0 Å². The number of allylic oxidation sites excluding steroid dienone is 1. The van der Waals surface area contributed by atoms with E-state index in [9.17, 15) is 0 Å². The van der Waals surface area contributed by atoms with Gasteiger partial charge in [0.05, 0.1) is 5.69 Å². The molecule has 0 atom stereocenters. The monoisotopic (exact) mass is 190 g/mol. The third-order valence-corrected chi connectivity index (χ3v) is 2.54. The Morgan fingerprint density at radius 2 is 2.29 bits per heavy atom. The van der Waals surface area contributed by atoms with Crippen LogP contribution in [0.4, 0.5) is 5.69 Å². The highest BCUT2D eigenvalue weighted by molar-refractivity contribution is 5.76. The molecule has 1 aromatic carbocycles. The average molecular weight is 190 g/mol. The highest BCUT2D eigenvalue weighted by Gasteiger charge is 2.12. The standard InChI is InChI=1S/C11H14N2O/c1-13-11-9-5-3-2-4-8(9)6-7-10(11)14-12/h3,5-7,13H,2,4,12H2,1H3. The van der Waals surface area contributed by atoms with E-state index >= 15 is 0 Å². The molecule has 0 saturated carbocycles. The van der Waals surface area contributed by atoms with Crippen LogP contribution in [0.1, 0.15) is 17.5 Å². The van der Waals surface area contributed by atoms with Crippen LogP contribution in [-0.4, -0.2) is 7.05 Å². The van der Waals surface area contributed by atoms with E-state index in [1.54, 1.807) is 0 Å². The summed E-state index contributed by atoms with van der Waals surface area (Å²) in [5, 5.41) is 3.12. The van der Waals surface area contributed by atoms with Crippen molar-refractivity contribution in [2.45, 2.75) is 12.8 Å². The zero-order chi connectivity index (χ0) is 9.97. The van der Waals surface area contributed by atoms with Gasteiger partial charge in [-0.1, -0.05) is 18.2 Å². The third kappa shape index (κ3) is 1.36. The third-order valence-electron chi connectivity index (χ3n) is 2.54. The van der Waals surface area contributed by atoms with E-state index in [4.69, 9.17) is 10.7 Å². The van der Waals surface area contributed by atoms with Gasteiger partial charge in [0.15, 0.2) is 5.75 Å². The fourth-order valence-corrected chi connectivity index (χ4v) is 1.85. The lowest BCUT2D eigenvalue weighted by Gasteiger charge is -2.17. The van der Waals surface area contributed by atoms with E-state index < -0.39 is 0 Å². The van der Waals surface area contributed by atoms with E-state index in [0.717, 1.165) is 18.5 Å². The molecule has 0 saturated heterocycles. The van der Waals surface area contributed by atoms with Crippen LogP contribution in [0.15, 0.2) is 18.2 Å². The predicted molar refractivity (Wildman–Crippen MR) is 58.2 cm³/mol. The lowest BCUT2D eigenvalue weighted by atomic mass is 9.95. The molecule has 1 aliphatic rings. The van der Waals surface area contributed by atoms with E-state index in [0.29, 0.717) is 5.75 Å². The van der Waals surface area contributed by atoms with Crippen molar-refractivity contribution >= 4 is 11.8 Å². The summed E-state index contributed by atoms with van der Waals surface area (Å²) in [5.41, 5.74) is 3.51. The van der Waals surface area contributed by atoms with Crippen LogP contribution in [-0.2, 0) is 6.42 Å². The molecule has 2 rings (SSSR count). The van der Waals surface area contributed by atoms with Gasteiger partial charge < -0.3 is 10.2 Å². The average Bonchev–Trinajstić information content (AvgIpc) is 2.27. The molecule has 14 heavy (non-hydrogen) atoms. The Morgan fingerprint density at radius 3 is 3.00 bits per heavy atom. The van der Waals surface area contributed by atoms with Crippen molar-refractivity contribution in [2.75, 3.05) is 12.4 Å². The molecule has 1 aromatic rings. The number of nitrogens with two attached hydrogens (primary N) is 1. The maximum atomic E-state index is 5.20. The molecule has 0 aromatic heterocycles. The molecule has 1 aliphatic carbocycles. The lowest BCUT2D eigenvalue weighted by molar-refractivity contribution is 0.336. The molecule has 0 spiro atoms. The van der Waals surface area contributed by atoms with E-state index in [2.05, 4.69) is 23.5 Å². The highest BCUT2D eigenvalue weighted by atomic mass is 16.6. The minimum atomic E-state index is 0.692. The molecule has 0 aliphatic heterocycles. The van der Waals surface area contributed by atoms with Crippen LogP contribution < -0.4 is 16.1 Å². The summed E-state index contributed by atoms with van der Waals surface area (Å²) in [6.07, 6.45) is 6.49. The quantitative estimate of drug-likeness (QED) is 0.700. The van der Waals surface area contributed by atoms with Gasteiger partial charge in [0.2, 0.25) is 0 Å². The largest absolute Gasteiger partial charge is 0.409 e. The van der Waals surface area contributed by atoms with Gasteiger partial charge in [0.1, 0.15) is 0 Å². The van der Waals surface area contributed by atoms with Gasteiger partial charge in [-0.2, -0.15) is 5.90 Å². The number of nitrogens with one attached hydrogen (secondary N) is 1. The van der Waals surface area contributed by atoms with Gasteiger partial charge in [-0.05, 0) is 24.5 Å². The summed E-state index contributed by atoms with van der Waals surface area (Å²) in [6.45, 7) is 0. The Bertz CT molecular complexity index is 372. The summed E-state index contributed by atoms with van der Waals surface area (Å²) in [7, 11) is 1.88. The van der Waals surface area contributed by atoms with Gasteiger partial charge in [-0.3, -0.25) is 0 Å². The van der Waals surface area contributed by atoms with Gasteiger partial charge in [0.25, 0.3) is 0 Å². The Morgan fingerprint density at radius 1 is 1.43 bits per heavy atom. The maximum Gasteiger partial charge on any atom is 0.170 e. The van der Waals surface area contributed by atoms with Crippen LogP contribution in [0.5, 0.6) is 5.75 Å². The smallest absolute Gasteiger partial charge is 0.170 e. The first-order chi connectivity index (χ1) is 6.86. The predicted octanol–water partition coefficient (Wildman–Crippen LogP) is 1.94. The molecule has 0 bridgehead atoms. The zero-order valence-corrected chi connectivity index (χ0v) is 8.21. The number of hydrogen-bond acceptors (Lipinski definition) is 3. The van der Waals surface area contributed by atoms with Crippen LogP contribution in [0, 0.1) is 0 Å². The number of anilines is 1. The summed E-state index contributed by atoms with van der Waals surface area (Å²) in [4.78, 5) is 4.81. The molecule has 3 N–H and O–H groups in total. The van der Waals surface area contributed by atoms with Gasteiger partial charge in [-0.25, -0.2) is 0 Å². The number of rotatable bonds is 2. The molecular weight excluding hydrogens is 176 g/mol. The Hall–Kier alpha value is -1.48. The first-order valence-corrected chi connectivity index (χ1v) is 4.73. The second-order valence-electron chi connectivity index (χ2n) is 3.32. The van der Waals surface area contributed by atoms with Gasteiger partial charge >= 0.3 is 0 Å². The molecular formula is C11H14N2O. The fraction of sp³-hybridized carbons (Fsp3) is 0.273. The number of fused-ring (bicyclic) bond motifs is 1. The number of hydrogen-bond donors (Lipinski definition) is 2. The maximum absolute atomic E-state index is 5.20. The van der Waals surface area contributed by atoms with Gasteiger partial charge in [-0.15, -0.1) is 0 Å². The molecule has 3 nitrogen and oxygen atoms in total. The van der Waals surface area contributed by atoms with Gasteiger partial charge in [0, 0.05) is 12.6 Å². The highest BCUT2D eigenvalue weighted by Crippen LogP contribution is 2.33. The summed E-state index contributed by atoms with van der Waals surface area (Å²) in [5.74, 6) is 5.89. The normalized spacial score (nSPS) is 13.6. The van der Waals surface area contributed by atoms with E-state index in [1.165, 1.54) is 11.1 Å². The zero-order valence-electron chi connectivity index (χ0n) is 8.21. The molecule has 0 heterocycles. The summed E-state index contributed by atoms with van der Waals surface area (Å²) >= 11 is 0. The number of benzene rings is 1. The Balaban J connectivity index is 2.57. The fourth-order valence-electron chi connectivity index (χ4n) is 1.85. The van der Waals surface area contributed by atoms with E-state index in [1.807, 2.05) is 13.1 Å². The van der Waals surface area contributed by atoms with Crippen molar-refractivity contribution in [3.8, 4) is 5.75 Å². The van der Waals surface area contributed by atoms with Crippen molar-refractivity contribution in [2.24, 2.45) is 5.90 Å². The van der Waals surface area contributed by atoms with Crippen LogP contribution in [0.3, 0.4) is 0 Å². The van der Waals surface area contributed by atoms with E-state index in [-0.39, 0.29) is 0 Å². The second-order valence-corrected chi connectivity index (χ2v) is 3.32. The van der Waals surface area contributed by atoms with Crippen LogP contribution in [0.2, 0.25) is 0 Å². The molecule has 0 fully saturated rings. The molecule has 0 unspecified atom stereocenters. The van der Waals surface area contributed by atoms with Crippen molar-refractivity contribution in [1.29, 1.82) is 0 Å². The molecule has 0 amide bonds. The first kappa shape index (κ1) is 9.09. The summed E-state index contributed by atoms with van der Waals surface area (Å²) < 4.78 is 0. The topological polar surface area (TPSA) is 47.3 Å². The Kier molecular flexibility index (Phi) is 2.41.